The summed E-state index contributed by atoms with van der Waals surface area (Å²) in [4.78, 5) is 23.9. The van der Waals surface area contributed by atoms with Gasteiger partial charge in [0.1, 0.15) is 31.3 Å². The number of unbranched alkanes of at least 4 members (excludes halogenated alkanes) is 2. The van der Waals surface area contributed by atoms with Crippen LogP contribution in [-0.4, -0.2) is 110 Å². The molecule has 13 heteroatoms. The van der Waals surface area contributed by atoms with Gasteiger partial charge in [-0.3, -0.25) is 9.80 Å². The van der Waals surface area contributed by atoms with Crippen molar-refractivity contribution in [1.29, 1.82) is 0 Å². The van der Waals surface area contributed by atoms with Crippen molar-refractivity contribution in [2.75, 3.05) is 66.6 Å². The van der Waals surface area contributed by atoms with Crippen LogP contribution in [0.15, 0.2) is 65.9 Å². The molecule has 0 aromatic heterocycles. The van der Waals surface area contributed by atoms with Crippen molar-refractivity contribution in [3.63, 3.8) is 0 Å². The lowest BCUT2D eigenvalue weighted by atomic mass is 9.55. The van der Waals surface area contributed by atoms with E-state index in [0.29, 0.717) is 42.4 Å². The standard InChI is InChI=1S/C43H57N3O10/c1-4-21-55-43-39(46(42(49)51-5-2)27-29-12-14-37-38(23-29)54-28-53-37)26-35(44-50-3)33-24-30(10-6-8-19-47)32(11-7-9-20-48)40(41(33)43)34-25-31(13-15-36(34)56-43)52-22-18-45-16-17-45/h4,12-15,23-25,30,32,39-41,47-48H,1,5-11,16-22,26-28H2,2-3H3/t30-,32+,39-,40+,41+,43+/m0/s1. The highest BCUT2D eigenvalue weighted by Crippen LogP contribution is 2.62. The number of carbonyl (C=O) groups excluding carboxylic acids is 1. The van der Waals surface area contributed by atoms with Gasteiger partial charge in [0.05, 0.1) is 24.8 Å². The summed E-state index contributed by atoms with van der Waals surface area (Å²) < 4.78 is 37.8. The van der Waals surface area contributed by atoms with Crippen molar-refractivity contribution >= 4 is 11.8 Å². The Morgan fingerprint density at radius 1 is 1.05 bits per heavy atom. The SMILES string of the molecule is C=CCO[C@@]12Oc3ccc(OCCN4CC4)cc3[C@H]3[C@H](CCCCO)[C@@H](CCCCO)C=C(C(=NOC)C[C@@H]1N(Cc1ccc4c(c1)OCO4)C(=O)OCC)[C@H]32. The second-order valence-corrected chi connectivity index (χ2v) is 15.2. The molecule has 13 nitrogen and oxygen atoms in total. The molecular formula is C43H57N3O10. The van der Waals surface area contributed by atoms with Crippen LogP contribution < -0.4 is 18.9 Å². The Bertz CT molecular complexity index is 1750. The van der Waals surface area contributed by atoms with Gasteiger partial charge in [0.25, 0.3) is 0 Å². The zero-order chi connectivity index (χ0) is 39.1. The third-order valence-electron chi connectivity index (χ3n) is 11.7. The molecule has 0 radical (unpaired) electrons. The molecule has 1 saturated heterocycles. The molecule has 1 saturated carbocycles. The van der Waals surface area contributed by atoms with Crippen molar-refractivity contribution in [1.82, 2.24) is 9.80 Å². The number of aliphatic hydroxyl groups is 2. The fraction of sp³-hybridized carbons (Fsp3) is 0.581. The molecule has 2 N–H and O–H groups in total. The third-order valence-corrected chi connectivity index (χ3v) is 11.7. The van der Waals surface area contributed by atoms with E-state index in [9.17, 15) is 15.0 Å². The molecule has 3 heterocycles. The van der Waals surface area contributed by atoms with Crippen LogP contribution in [0, 0.1) is 17.8 Å². The molecule has 2 aliphatic carbocycles. The quantitative estimate of drug-likeness (QED) is 0.0705. The van der Waals surface area contributed by atoms with Gasteiger partial charge in [0, 0.05) is 57.3 Å². The third kappa shape index (κ3) is 8.37. The highest BCUT2D eigenvalue weighted by molar-refractivity contribution is 6.03. The van der Waals surface area contributed by atoms with E-state index in [-0.39, 0.29) is 63.9 Å². The van der Waals surface area contributed by atoms with Crippen LogP contribution in [0.4, 0.5) is 4.79 Å². The Labute approximate surface area is 329 Å². The number of ether oxygens (including phenoxy) is 6. The number of fused-ring (bicyclic) bond motifs is 3. The molecule has 7 rings (SSSR count). The molecule has 6 atom stereocenters. The van der Waals surface area contributed by atoms with Gasteiger partial charge in [-0.1, -0.05) is 36.2 Å². The molecule has 5 aliphatic rings. The zero-order valence-corrected chi connectivity index (χ0v) is 32.7. The van der Waals surface area contributed by atoms with Crippen LogP contribution in [0.25, 0.3) is 0 Å². The topological polar surface area (TPSA) is 141 Å². The van der Waals surface area contributed by atoms with Crippen LogP contribution in [0.5, 0.6) is 23.0 Å². The Morgan fingerprint density at radius 2 is 1.84 bits per heavy atom. The summed E-state index contributed by atoms with van der Waals surface area (Å²) in [5.74, 6) is 0.929. The van der Waals surface area contributed by atoms with E-state index in [2.05, 4.69) is 28.8 Å². The lowest BCUT2D eigenvalue weighted by Crippen LogP contribution is -2.70. The summed E-state index contributed by atoms with van der Waals surface area (Å²) in [6, 6.07) is 11.0. The maximum absolute atomic E-state index is 14.3. The maximum atomic E-state index is 14.3. The minimum absolute atomic E-state index is 0.101. The average Bonchev–Trinajstić information content (AvgIpc) is 3.91. The number of hydrogen-bond donors (Lipinski definition) is 2. The molecule has 0 bridgehead atoms. The predicted molar refractivity (Wildman–Crippen MR) is 209 cm³/mol. The Hall–Kier alpha value is -4.30. The summed E-state index contributed by atoms with van der Waals surface area (Å²) in [5, 5.41) is 24.4. The lowest BCUT2D eigenvalue weighted by Gasteiger charge is -2.59. The van der Waals surface area contributed by atoms with E-state index in [0.717, 1.165) is 67.8 Å². The Kier molecular flexibility index (Phi) is 13.1. The first-order valence-electron chi connectivity index (χ1n) is 20.2. The number of aliphatic hydroxyl groups excluding tert-OH is 2. The first-order chi connectivity index (χ1) is 27.4. The summed E-state index contributed by atoms with van der Waals surface area (Å²) in [6.45, 7) is 10.3. The van der Waals surface area contributed by atoms with E-state index in [1.54, 1.807) is 25.0 Å². The molecule has 2 aromatic rings. The normalized spacial score (nSPS) is 26.4. The largest absolute Gasteiger partial charge is 0.492 e. The van der Waals surface area contributed by atoms with Crippen molar-refractivity contribution in [2.24, 2.45) is 22.9 Å². The smallest absolute Gasteiger partial charge is 0.410 e. The zero-order valence-electron chi connectivity index (χ0n) is 32.7. The molecule has 56 heavy (non-hydrogen) atoms. The summed E-state index contributed by atoms with van der Waals surface area (Å²) in [5.41, 5.74) is 3.51. The van der Waals surface area contributed by atoms with Gasteiger partial charge in [-0.25, -0.2) is 4.79 Å². The first kappa shape index (κ1) is 39.9. The fourth-order valence-electron chi connectivity index (χ4n) is 9.18. The van der Waals surface area contributed by atoms with Gasteiger partial charge in [0.2, 0.25) is 12.6 Å². The number of rotatable bonds is 20. The number of oxime groups is 1. The van der Waals surface area contributed by atoms with Crippen LogP contribution in [0.2, 0.25) is 0 Å². The highest BCUT2D eigenvalue weighted by Gasteiger charge is 2.65. The van der Waals surface area contributed by atoms with E-state index in [1.165, 1.54) is 0 Å². The average molecular weight is 776 g/mol. The number of benzene rings is 2. The van der Waals surface area contributed by atoms with Gasteiger partial charge >= 0.3 is 6.09 Å². The van der Waals surface area contributed by atoms with Gasteiger partial charge in [-0.05, 0) is 85.9 Å². The molecule has 1 amide bonds. The van der Waals surface area contributed by atoms with Crippen molar-refractivity contribution in [3.8, 4) is 23.0 Å². The van der Waals surface area contributed by atoms with Crippen LogP contribution >= 0.6 is 0 Å². The van der Waals surface area contributed by atoms with Gasteiger partial charge in [0.15, 0.2) is 11.5 Å². The van der Waals surface area contributed by atoms with Crippen LogP contribution in [-0.2, 0) is 20.9 Å². The van der Waals surface area contributed by atoms with Crippen LogP contribution in [0.1, 0.15) is 68.9 Å². The minimum atomic E-state index is -1.40. The van der Waals surface area contributed by atoms with Crippen molar-refractivity contribution in [2.45, 2.75) is 76.2 Å². The fourth-order valence-corrected chi connectivity index (χ4v) is 9.18. The maximum Gasteiger partial charge on any atom is 0.410 e. The van der Waals surface area contributed by atoms with E-state index < -0.39 is 23.8 Å². The number of amides is 1. The van der Waals surface area contributed by atoms with Crippen LogP contribution in [0.3, 0.4) is 0 Å². The Morgan fingerprint density at radius 3 is 2.59 bits per heavy atom. The molecule has 0 unspecified atom stereocenters. The number of nitrogens with zero attached hydrogens (tertiary/aromatic N) is 3. The molecular weight excluding hydrogens is 718 g/mol. The van der Waals surface area contributed by atoms with Crippen molar-refractivity contribution < 1.29 is 48.3 Å². The van der Waals surface area contributed by atoms with Gasteiger partial charge in [-0.15, -0.1) is 6.58 Å². The van der Waals surface area contributed by atoms with E-state index in [1.807, 2.05) is 30.3 Å². The van der Waals surface area contributed by atoms with Gasteiger partial charge < -0.3 is 43.5 Å². The Balaban J connectivity index is 1.40. The number of hydrogen-bond acceptors (Lipinski definition) is 12. The lowest BCUT2D eigenvalue weighted by molar-refractivity contribution is -0.256. The molecule has 2 aromatic carbocycles. The molecule has 0 spiro atoms. The molecule has 304 valence electrons. The minimum Gasteiger partial charge on any atom is -0.492 e. The summed E-state index contributed by atoms with van der Waals surface area (Å²) in [6.07, 6.45) is 8.55. The molecule has 3 aliphatic heterocycles. The molecule has 2 fully saturated rings. The second kappa shape index (κ2) is 18.3. The van der Waals surface area contributed by atoms with Crippen molar-refractivity contribution in [3.05, 3.63) is 71.8 Å². The second-order valence-electron chi connectivity index (χ2n) is 15.2. The summed E-state index contributed by atoms with van der Waals surface area (Å²) in [7, 11) is 1.54. The van der Waals surface area contributed by atoms with E-state index >= 15 is 0 Å². The monoisotopic (exact) mass is 775 g/mol. The number of allylic oxidation sites excluding steroid dienone is 1. The van der Waals surface area contributed by atoms with E-state index in [4.69, 9.17) is 33.3 Å². The summed E-state index contributed by atoms with van der Waals surface area (Å²) >= 11 is 0. The predicted octanol–water partition coefficient (Wildman–Crippen LogP) is 6.03. The number of carbonyl (C=O) groups is 1. The first-order valence-corrected chi connectivity index (χ1v) is 20.2. The van der Waals surface area contributed by atoms with Gasteiger partial charge in [-0.2, -0.15) is 0 Å². The highest BCUT2D eigenvalue weighted by atomic mass is 16.7.